The number of ether oxygens (including phenoxy) is 1. The fraction of sp³-hybridized carbons (Fsp3) is 0.391. The van der Waals surface area contributed by atoms with Crippen molar-refractivity contribution in [3.8, 4) is 0 Å². The number of anilines is 1. The highest BCUT2D eigenvalue weighted by atomic mass is 32.1. The average Bonchev–Trinajstić information content (AvgIpc) is 2.75. The Bertz CT molecular complexity index is 845. The summed E-state index contributed by atoms with van der Waals surface area (Å²) in [6.07, 6.45) is -0.141. The number of thiocarbonyl (C=S) groups is 1. The van der Waals surface area contributed by atoms with Crippen LogP contribution >= 0.6 is 12.2 Å². The molecule has 1 atom stereocenters. The number of nitrogens with zero attached hydrogens (tertiary/aromatic N) is 2. The Morgan fingerprint density at radius 3 is 2.60 bits per heavy atom. The van der Waals surface area contributed by atoms with Crippen LogP contribution in [0.4, 0.5) is 10.1 Å². The van der Waals surface area contributed by atoms with Crippen molar-refractivity contribution in [3.63, 3.8) is 0 Å². The van der Waals surface area contributed by atoms with Crippen LogP contribution in [0.5, 0.6) is 0 Å². The zero-order valence-electron chi connectivity index (χ0n) is 17.4. The van der Waals surface area contributed by atoms with Crippen LogP contribution < -0.4 is 5.32 Å². The molecule has 0 bridgehead atoms. The second-order valence-electron chi connectivity index (χ2n) is 7.85. The number of carbonyl (C=O) groups is 1. The fourth-order valence-electron chi connectivity index (χ4n) is 3.44. The van der Waals surface area contributed by atoms with Crippen molar-refractivity contribution >= 4 is 28.9 Å². The molecule has 0 aliphatic carbocycles. The van der Waals surface area contributed by atoms with Crippen LogP contribution in [0.1, 0.15) is 24.2 Å². The zero-order valence-corrected chi connectivity index (χ0v) is 18.2. The predicted molar refractivity (Wildman–Crippen MR) is 121 cm³/mol. The zero-order chi connectivity index (χ0) is 21.5. The van der Waals surface area contributed by atoms with Crippen LogP contribution in [0.2, 0.25) is 0 Å². The fourth-order valence-corrected chi connectivity index (χ4v) is 3.72. The number of hydrogen-bond donors (Lipinski definition) is 1. The maximum atomic E-state index is 13.1. The van der Waals surface area contributed by atoms with Gasteiger partial charge in [0.15, 0.2) is 5.11 Å². The van der Waals surface area contributed by atoms with Gasteiger partial charge in [-0.2, -0.15) is 0 Å². The maximum Gasteiger partial charge on any atom is 0.253 e. The highest BCUT2D eigenvalue weighted by Gasteiger charge is 2.27. The van der Waals surface area contributed by atoms with Gasteiger partial charge in [-0.05, 0) is 54.5 Å². The molecule has 2 aromatic carbocycles. The normalized spacial score (nSPS) is 16.4. The minimum Gasteiger partial charge on any atom is -0.373 e. The number of morpholine rings is 1. The highest BCUT2D eigenvalue weighted by Crippen LogP contribution is 2.15. The SMILES string of the molecule is CC(C)CN(C[C@H]1CN(C(=S)Nc2ccc(F)cc2)CCO1)C(=O)c1ccccc1. The molecule has 1 N–H and O–H groups in total. The molecule has 3 rings (SSSR count). The van der Waals surface area contributed by atoms with Gasteiger partial charge in [0, 0.05) is 37.4 Å². The lowest BCUT2D eigenvalue weighted by Crippen LogP contribution is -2.52. The molecular formula is C23H28FN3O2S. The van der Waals surface area contributed by atoms with Gasteiger partial charge in [0.2, 0.25) is 0 Å². The van der Waals surface area contributed by atoms with Crippen molar-refractivity contribution in [3.05, 3.63) is 66.0 Å². The van der Waals surface area contributed by atoms with Crippen molar-refractivity contribution in [2.24, 2.45) is 5.92 Å². The third-order valence-corrected chi connectivity index (χ3v) is 5.20. The van der Waals surface area contributed by atoms with E-state index in [-0.39, 0.29) is 17.8 Å². The third-order valence-electron chi connectivity index (χ3n) is 4.84. The number of hydrogen-bond acceptors (Lipinski definition) is 3. The summed E-state index contributed by atoms with van der Waals surface area (Å²) in [5, 5.41) is 3.72. The Labute approximate surface area is 182 Å². The Hall–Kier alpha value is -2.51. The van der Waals surface area contributed by atoms with E-state index in [4.69, 9.17) is 17.0 Å². The summed E-state index contributed by atoms with van der Waals surface area (Å²) in [4.78, 5) is 16.9. The lowest BCUT2D eigenvalue weighted by atomic mass is 10.1. The minimum atomic E-state index is -0.286. The van der Waals surface area contributed by atoms with Crippen molar-refractivity contribution in [1.82, 2.24) is 9.80 Å². The van der Waals surface area contributed by atoms with Gasteiger partial charge in [-0.15, -0.1) is 0 Å². The highest BCUT2D eigenvalue weighted by molar-refractivity contribution is 7.80. The van der Waals surface area contributed by atoms with Crippen LogP contribution in [0.25, 0.3) is 0 Å². The molecule has 2 aromatic rings. The summed E-state index contributed by atoms with van der Waals surface area (Å²) in [6, 6.07) is 15.4. The van der Waals surface area contributed by atoms with E-state index < -0.39 is 0 Å². The van der Waals surface area contributed by atoms with E-state index in [1.807, 2.05) is 40.1 Å². The average molecular weight is 430 g/mol. The number of carbonyl (C=O) groups excluding carboxylic acids is 1. The van der Waals surface area contributed by atoms with Gasteiger partial charge in [0.1, 0.15) is 5.82 Å². The molecule has 1 aliphatic rings. The van der Waals surface area contributed by atoms with Gasteiger partial charge in [-0.25, -0.2) is 4.39 Å². The molecule has 1 saturated heterocycles. The molecule has 30 heavy (non-hydrogen) atoms. The van der Waals surface area contributed by atoms with Crippen molar-refractivity contribution in [1.29, 1.82) is 0 Å². The largest absolute Gasteiger partial charge is 0.373 e. The minimum absolute atomic E-state index is 0.0111. The Morgan fingerprint density at radius 1 is 1.23 bits per heavy atom. The molecule has 0 unspecified atom stereocenters. The number of rotatable bonds is 6. The first kappa shape index (κ1) is 22.2. The molecule has 0 radical (unpaired) electrons. The van der Waals surface area contributed by atoms with Gasteiger partial charge >= 0.3 is 0 Å². The second-order valence-corrected chi connectivity index (χ2v) is 8.23. The summed E-state index contributed by atoms with van der Waals surface area (Å²) >= 11 is 5.54. The topological polar surface area (TPSA) is 44.8 Å². The molecule has 0 spiro atoms. The molecule has 1 fully saturated rings. The summed E-state index contributed by atoms with van der Waals surface area (Å²) in [5.41, 5.74) is 1.42. The predicted octanol–water partition coefficient (Wildman–Crippen LogP) is 4.02. The van der Waals surface area contributed by atoms with Gasteiger partial charge < -0.3 is 19.9 Å². The molecule has 0 aromatic heterocycles. The number of benzene rings is 2. The maximum absolute atomic E-state index is 13.1. The van der Waals surface area contributed by atoms with E-state index in [1.54, 1.807) is 12.1 Å². The Morgan fingerprint density at radius 2 is 1.93 bits per heavy atom. The van der Waals surface area contributed by atoms with Gasteiger partial charge in [0.25, 0.3) is 5.91 Å². The first-order chi connectivity index (χ1) is 14.4. The van der Waals surface area contributed by atoms with Crippen molar-refractivity contribution in [2.75, 3.05) is 38.1 Å². The smallest absolute Gasteiger partial charge is 0.253 e. The van der Waals surface area contributed by atoms with E-state index in [1.165, 1.54) is 12.1 Å². The number of nitrogens with one attached hydrogen (secondary N) is 1. The summed E-state index contributed by atoms with van der Waals surface area (Å²) in [7, 11) is 0. The molecule has 1 aliphatic heterocycles. The van der Waals surface area contributed by atoms with Crippen LogP contribution in [-0.4, -0.2) is 59.7 Å². The van der Waals surface area contributed by atoms with E-state index in [2.05, 4.69) is 19.2 Å². The monoisotopic (exact) mass is 429 g/mol. The van der Waals surface area contributed by atoms with Crippen LogP contribution in [0, 0.1) is 11.7 Å². The molecule has 1 heterocycles. The summed E-state index contributed by atoms with van der Waals surface area (Å²) in [6.45, 7) is 7.14. The second kappa shape index (κ2) is 10.5. The molecule has 0 saturated carbocycles. The summed E-state index contributed by atoms with van der Waals surface area (Å²) < 4.78 is 19.1. The lowest BCUT2D eigenvalue weighted by molar-refractivity contribution is -0.0215. The van der Waals surface area contributed by atoms with Crippen LogP contribution in [0.15, 0.2) is 54.6 Å². The van der Waals surface area contributed by atoms with Gasteiger partial charge in [0.05, 0.1) is 12.7 Å². The van der Waals surface area contributed by atoms with E-state index in [9.17, 15) is 9.18 Å². The van der Waals surface area contributed by atoms with Gasteiger partial charge in [-0.3, -0.25) is 4.79 Å². The number of amides is 1. The molecule has 1 amide bonds. The van der Waals surface area contributed by atoms with Crippen molar-refractivity contribution in [2.45, 2.75) is 20.0 Å². The summed E-state index contributed by atoms with van der Waals surface area (Å²) in [5.74, 6) is 0.0712. The lowest BCUT2D eigenvalue weighted by Gasteiger charge is -2.37. The third kappa shape index (κ3) is 6.24. The van der Waals surface area contributed by atoms with E-state index in [0.29, 0.717) is 49.4 Å². The Balaban J connectivity index is 1.62. The van der Waals surface area contributed by atoms with E-state index >= 15 is 0 Å². The van der Waals surface area contributed by atoms with Crippen LogP contribution in [-0.2, 0) is 4.74 Å². The van der Waals surface area contributed by atoms with Gasteiger partial charge in [-0.1, -0.05) is 32.0 Å². The van der Waals surface area contributed by atoms with Crippen molar-refractivity contribution < 1.29 is 13.9 Å². The molecule has 5 nitrogen and oxygen atoms in total. The standard InChI is InChI=1S/C23H28FN3O2S/c1-17(2)14-27(22(28)18-6-4-3-5-7-18)16-21-15-26(12-13-29-21)23(30)25-20-10-8-19(24)9-11-20/h3-11,17,21H,12-16H2,1-2H3,(H,25,30)/t21-/m1/s1. The quantitative estimate of drug-likeness (QED) is 0.703. The first-order valence-electron chi connectivity index (χ1n) is 10.2. The number of halogens is 1. The molecular weight excluding hydrogens is 401 g/mol. The molecule has 160 valence electrons. The van der Waals surface area contributed by atoms with Crippen LogP contribution in [0.3, 0.4) is 0 Å². The molecule has 7 heteroatoms. The Kier molecular flexibility index (Phi) is 7.76. The first-order valence-corrected chi connectivity index (χ1v) is 10.6. The van der Waals surface area contributed by atoms with E-state index in [0.717, 1.165) is 5.69 Å².